The van der Waals surface area contributed by atoms with Gasteiger partial charge in [0.05, 0.1) is 0 Å². The minimum Gasteiger partial charge on any atom is -0.508 e. The smallest absolute Gasteiger partial charge is 0.260 e. The molecule has 0 atom stereocenters. The van der Waals surface area contributed by atoms with Gasteiger partial charge in [-0.15, -0.1) is 0 Å². The predicted octanol–water partition coefficient (Wildman–Crippen LogP) is 3.80. The average Bonchev–Trinajstić information content (AvgIpc) is 3.01. The lowest BCUT2D eigenvalue weighted by Crippen LogP contribution is -2.37. The highest BCUT2D eigenvalue weighted by atomic mass is 16.5. The molecule has 146 valence electrons. The van der Waals surface area contributed by atoms with E-state index >= 15 is 0 Å². The number of carbonyl (C=O) groups excluding carboxylic acids is 1. The number of aromatic hydroxyl groups is 1. The van der Waals surface area contributed by atoms with Crippen molar-refractivity contribution in [1.82, 2.24) is 4.90 Å². The Morgan fingerprint density at radius 1 is 1.21 bits per heavy atom. The summed E-state index contributed by atoms with van der Waals surface area (Å²) in [6, 6.07) is 13.0. The molecule has 5 heteroatoms. The number of phenols is 1. The third-order valence-corrected chi connectivity index (χ3v) is 5.21. The van der Waals surface area contributed by atoms with E-state index in [1.165, 1.54) is 5.57 Å². The number of ether oxygens (including phenoxy) is 2. The largest absolute Gasteiger partial charge is 0.508 e. The highest BCUT2D eigenvalue weighted by Crippen LogP contribution is 2.41. The molecule has 0 spiro atoms. The summed E-state index contributed by atoms with van der Waals surface area (Å²) in [7, 11) is 0. The van der Waals surface area contributed by atoms with Gasteiger partial charge >= 0.3 is 0 Å². The summed E-state index contributed by atoms with van der Waals surface area (Å²) in [5.74, 6) is 1.62. The van der Waals surface area contributed by atoms with Crippen LogP contribution >= 0.6 is 0 Å². The second-order valence-corrected chi connectivity index (χ2v) is 7.94. The zero-order valence-electron chi connectivity index (χ0n) is 16.3. The van der Waals surface area contributed by atoms with Crippen molar-refractivity contribution in [1.29, 1.82) is 0 Å². The molecule has 2 aliphatic heterocycles. The number of phenolic OH excluding ortho intramolecular Hbond substituents is 1. The molecule has 2 aromatic carbocycles. The van der Waals surface area contributed by atoms with Crippen molar-refractivity contribution in [2.75, 3.05) is 19.7 Å². The van der Waals surface area contributed by atoms with E-state index in [1.54, 1.807) is 17.0 Å². The Bertz CT molecular complexity index is 915. The first-order valence-electron chi connectivity index (χ1n) is 9.61. The van der Waals surface area contributed by atoms with Crippen LogP contribution in [-0.2, 0) is 11.2 Å². The van der Waals surface area contributed by atoms with Gasteiger partial charge in [-0.1, -0.05) is 30.3 Å². The zero-order valence-corrected chi connectivity index (χ0v) is 16.3. The number of hydrogen-bond acceptors (Lipinski definition) is 4. The van der Waals surface area contributed by atoms with E-state index in [2.05, 4.69) is 6.08 Å². The number of fused-ring (bicyclic) bond motifs is 1. The van der Waals surface area contributed by atoms with Gasteiger partial charge in [0.2, 0.25) is 0 Å². The number of amides is 1. The molecule has 28 heavy (non-hydrogen) atoms. The molecule has 2 aromatic rings. The van der Waals surface area contributed by atoms with Crippen LogP contribution < -0.4 is 9.47 Å². The topological polar surface area (TPSA) is 59.0 Å². The highest BCUT2D eigenvalue weighted by Gasteiger charge is 2.32. The number of benzene rings is 2. The first kappa shape index (κ1) is 18.4. The van der Waals surface area contributed by atoms with Gasteiger partial charge in [0, 0.05) is 25.1 Å². The monoisotopic (exact) mass is 379 g/mol. The summed E-state index contributed by atoms with van der Waals surface area (Å²) in [5.41, 5.74) is 3.16. The molecule has 0 fully saturated rings. The Hall–Kier alpha value is -2.95. The van der Waals surface area contributed by atoms with E-state index in [0.29, 0.717) is 18.8 Å². The third kappa shape index (κ3) is 3.84. The van der Waals surface area contributed by atoms with Gasteiger partial charge in [0.1, 0.15) is 11.4 Å². The molecule has 0 bridgehead atoms. The second kappa shape index (κ2) is 7.23. The number of rotatable bonds is 4. The normalized spacial score (nSPS) is 17.5. The SMILES string of the molecule is CC1(C)Cc2cccc(OCC(=O)N3CC=C(c4ccc(O)cc4)CC3)c2O1. The second-order valence-electron chi connectivity index (χ2n) is 7.94. The van der Waals surface area contributed by atoms with Gasteiger partial charge < -0.3 is 19.5 Å². The van der Waals surface area contributed by atoms with Crippen molar-refractivity contribution in [3.8, 4) is 17.2 Å². The molecular weight excluding hydrogens is 354 g/mol. The van der Waals surface area contributed by atoms with Crippen LogP contribution in [0.3, 0.4) is 0 Å². The Labute approximate surface area is 165 Å². The third-order valence-electron chi connectivity index (χ3n) is 5.21. The predicted molar refractivity (Wildman–Crippen MR) is 108 cm³/mol. The molecule has 4 rings (SSSR count). The van der Waals surface area contributed by atoms with Gasteiger partial charge in [-0.05, 0) is 49.6 Å². The van der Waals surface area contributed by atoms with Crippen molar-refractivity contribution in [2.24, 2.45) is 0 Å². The molecule has 0 saturated heterocycles. The molecule has 0 aromatic heterocycles. The number of para-hydroxylation sites is 1. The standard InChI is InChI=1S/C23H25NO4/c1-23(2)14-18-4-3-5-20(22(18)28-23)27-15-21(26)24-12-10-17(11-13-24)16-6-8-19(25)9-7-16/h3-10,25H,11-15H2,1-2H3. The molecular formula is C23H25NO4. The van der Waals surface area contributed by atoms with Crippen LogP contribution in [0.15, 0.2) is 48.5 Å². The first-order chi connectivity index (χ1) is 13.4. The average molecular weight is 379 g/mol. The van der Waals surface area contributed by atoms with Gasteiger partial charge in [0.25, 0.3) is 5.91 Å². The molecule has 1 amide bonds. The van der Waals surface area contributed by atoms with E-state index < -0.39 is 0 Å². The summed E-state index contributed by atoms with van der Waals surface area (Å²) >= 11 is 0. The van der Waals surface area contributed by atoms with Crippen LogP contribution in [0.5, 0.6) is 17.2 Å². The molecule has 2 aliphatic rings. The molecule has 0 aliphatic carbocycles. The quantitative estimate of drug-likeness (QED) is 0.878. The summed E-state index contributed by atoms with van der Waals surface area (Å²) in [6.07, 6.45) is 3.69. The Balaban J connectivity index is 1.36. The van der Waals surface area contributed by atoms with Crippen molar-refractivity contribution < 1.29 is 19.4 Å². The maximum absolute atomic E-state index is 12.6. The van der Waals surface area contributed by atoms with Gasteiger partial charge in [-0.25, -0.2) is 0 Å². The summed E-state index contributed by atoms with van der Waals surface area (Å²) in [6.45, 7) is 5.32. The van der Waals surface area contributed by atoms with Gasteiger partial charge in [0.15, 0.2) is 18.1 Å². The Morgan fingerprint density at radius 3 is 2.71 bits per heavy atom. The number of carbonyl (C=O) groups is 1. The summed E-state index contributed by atoms with van der Waals surface area (Å²) < 4.78 is 11.8. The van der Waals surface area contributed by atoms with Gasteiger partial charge in [-0.2, -0.15) is 0 Å². The van der Waals surface area contributed by atoms with Crippen molar-refractivity contribution in [2.45, 2.75) is 32.3 Å². The van der Waals surface area contributed by atoms with Crippen LogP contribution in [0.4, 0.5) is 0 Å². The lowest BCUT2D eigenvalue weighted by molar-refractivity contribution is -0.132. The molecule has 1 N–H and O–H groups in total. The lowest BCUT2D eigenvalue weighted by atomic mass is 9.99. The van der Waals surface area contributed by atoms with Crippen LogP contribution in [-0.4, -0.2) is 41.2 Å². The van der Waals surface area contributed by atoms with E-state index in [4.69, 9.17) is 9.47 Å². The van der Waals surface area contributed by atoms with Crippen molar-refractivity contribution >= 4 is 11.5 Å². The maximum atomic E-state index is 12.6. The van der Waals surface area contributed by atoms with Crippen molar-refractivity contribution in [3.63, 3.8) is 0 Å². The molecule has 0 radical (unpaired) electrons. The molecule has 5 nitrogen and oxygen atoms in total. The molecule has 0 unspecified atom stereocenters. The minimum absolute atomic E-state index is 0.00260. The first-order valence-corrected chi connectivity index (χ1v) is 9.61. The summed E-state index contributed by atoms with van der Waals surface area (Å²) in [5, 5.41) is 9.41. The minimum atomic E-state index is -0.242. The Morgan fingerprint density at radius 2 is 2.00 bits per heavy atom. The Kier molecular flexibility index (Phi) is 4.75. The van der Waals surface area contributed by atoms with Crippen LogP contribution in [0, 0.1) is 0 Å². The van der Waals surface area contributed by atoms with E-state index in [1.807, 2.05) is 44.2 Å². The van der Waals surface area contributed by atoms with Crippen LogP contribution in [0.25, 0.3) is 5.57 Å². The van der Waals surface area contributed by atoms with Gasteiger partial charge in [-0.3, -0.25) is 4.79 Å². The summed E-state index contributed by atoms with van der Waals surface area (Å²) in [4.78, 5) is 14.4. The fourth-order valence-electron chi connectivity index (χ4n) is 3.77. The van der Waals surface area contributed by atoms with E-state index in [9.17, 15) is 9.90 Å². The molecule has 2 heterocycles. The van der Waals surface area contributed by atoms with Crippen molar-refractivity contribution in [3.05, 3.63) is 59.7 Å². The lowest BCUT2D eigenvalue weighted by Gasteiger charge is -2.27. The number of hydrogen-bond donors (Lipinski definition) is 1. The zero-order chi connectivity index (χ0) is 19.7. The number of nitrogens with zero attached hydrogens (tertiary/aromatic N) is 1. The van der Waals surface area contributed by atoms with Crippen LogP contribution in [0.1, 0.15) is 31.4 Å². The fraction of sp³-hybridized carbons (Fsp3) is 0.348. The van der Waals surface area contributed by atoms with E-state index in [-0.39, 0.29) is 23.9 Å². The van der Waals surface area contributed by atoms with Crippen LogP contribution in [0.2, 0.25) is 0 Å². The maximum Gasteiger partial charge on any atom is 0.260 e. The van der Waals surface area contributed by atoms with E-state index in [0.717, 1.165) is 29.7 Å². The molecule has 0 saturated carbocycles. The highest BCUT2D eigenvalue weighted by molar-refractivity contribution is 5.79. The fourth-order valence-corrected chi connectivity index (χ4v) is 3.77.